The van der Waals surface area contributed by atoms with Crippen molar-refractivity contribution in [1.29, 1.82) is 0 Å². The third-order valence-electron chi connectivity index (χ3n) is 2.80. The van der Waals surface area contributed by atoms with E-state index in [4.69, 9.17) is 23.8 Å². The van der Waals surface area contributed by atoms with Gasteiger partial charge in [-0.1, -0.05) is 51.8 Å². The van der Waals surface area contributed by atoms with Crippen LogP contribution in [0.25, 0.3) is 0 Å². The Morgan fingerprint density at radius 2 is 1.95 bits per heavy atom. The summed E-state index contributed by atoms with van der Waals surface area (Å²) in [5.74, 6) is 0. The van der Waals surface area contributed by atoms with Gasteiger partial charge in [-0.2, -0.15) is 0 Å². The Hall–Kier alpha value is -1.10. The van der Waals surface area contributed by atoms with Gasteiger partial charge in [-0.3, -0.25) is 0 Å². The number of hydrogen-bond donors (Lipinski definition) is 2. The average Bonchev–Trinajstić information content (AvgIpc) is 2.38. The zero-order valence-corrected chi connectivity index (χ0v) is 14.0. The standard InChI is InChI=1S/C15H14BrClN2S/c1-10(13-7-2-3-8-14(13)17)18-15(20)19-12-6-4-5-11(16)9-12/h2-10H,1H3,(H2,18,19,20)/t10-/m0/s1. The molecule has 0 saturated carbocycles. The fourth-order valence-electron chi connectivity index (χ4n) is 1.83. The van der Waals surface area contributed by atoms with Crippen LogP contribution in [0.5, 0.6) is 0 Å². The lowest BCUT2D eigenvalue weighted by Gasteiger charge is -2.18. The number of thiocarbonyl (C=S) groups is 1. The highest BCUT2D eigenvalue weighted by Gasteiger charge is 2.10. The SMILES string of the molecule is C[C@H](NC(=S)Nc1cccc(Br)c1)c1ccccc1Cl. The van der Waals surface area contributed by atoms with Crippen molar-refractivity contribution in [3.05, 3.63) is 63.6 Å². The second-order valence-electron chi connectivity index (χ2n) is 4.35. The van der Waals surface area contributed by atoms with Gasteiger partial charge in [-0.25, -0.2) is 0 Å². The Morgan fingerprint density at radius 1 is 1.20 bits per heavy atom. The molecule has 1 atom stereocenters. The van der Waals surface area contributed by atoms with Gasteiger partial charge >= 0.3 is 0 Å². The van der Waals surface area contributed by atoms with E-state index < -0.39 is 0 Å². The van der Waals surface area contributed by atoms with Crippen LogP contribution in [0.1, 0.15) is 18.5 Å². The first-order valence-electron chi connectivity index (χ1n) is 6.14. The van der Waals surface area contributed by atoms with Crippen LogP contribution in [0.4, 0.5) is 5.69 Å². The second-order valence-corrected chi connectivity index (χ2v) is 6.08. The van der Waals surface area contributed by atoms with Crippen LogP contribution in [0.2, 0.25) is 5.02 Å². The maximum absolute atomic E-state index is 6.17. The molecule has 0 saturated heterocycles. The van der Waals surface area contributed by atoms with Gasteiger partial charge in [0.15, 0.2) is 5.11 Å². The number of halogens is 2. The van der Waals surface area contributed by atoms with Crippen molar-refractivity contribution < 1.29 is 0 Å². The molecule has 0 heterocycles. The lowest BCUT2D eigenvalue weighted by molar-refractivity contribution is 0.723. The maximum Gasteiger partial charge on any atom is 0.171 e. The topological polar surface area (TPSA) is 24.1 Å². The van der Waals surface area contributed by atoms with E-state index in [0.717, 1.165) is 20.7 Å². The van der Waals surface area contributed by atoms with Crippen molar-refractivity contribution in [3.63, 3.8) is 0 Å². The van der Waals surface area contributed by atoms with Gasteiger partial charge in [0.2, 0.25) is 0 Å². The largest absolute Gasteiger partial charge is 0.356 e. The highest BCUT2D eigenvalue weighted by atomic mass is 79.9. The molecule has 0 fully saturated rings. The maximum atomic E-state index is 6.17. The molecule has 0 radical (unpaired) electrons. The highest BCUT2D eigenvalue weighted by molar-refractivity contribution is 9.10. The fourth-order valence-corrected chi connectivity index (χ4v) is 2.83. The van der Waals surface area contributed by atoms with Gasteiger partial charge in [0, 0.05) is 15.2 Å². The number of hydrogen-bond acceptors (Lipinski definition) is 1. The Balaban J connectivity index is 2.00. The van der Waals surface area contributed by atoms with E-state index >= 15 is 0 Å². The predicted molar refractivity (Wildman–Crippen MR) is 93.4 cm³/mol. The monoisotopic (exact) mass is 368 g/mol. The molecule has 2 aromatic rings. The van der Waals surface area contributed by atoms with Crippen molar-refractivity contribution in [3.8, 4) is 0 Å². The molecule has 0 unspecified atom stereocenters. The van der Waals surface area contributed by atoms with Gasteiger partial charge in [-0.05, 0) is 49.0 Å². The molecule has 0 amide bonds. The summed E-state index contributed by atoms with van der Waals surface area (Å²) in [6.45, 7) is 2.02. The Morgan fingerprint density at radius 3 is 2.65 bits per heavy atom. The minimum atomic E-state index is 0.0378. The number of rotatable bonds is 3. The number of benzene rings is 2. The summed E-state index contributed by atoms with van der Waals surface area (Å²) < 4.78 is 1.00. The molecule has 0 aromatic heterocycles. The Bertz CT molecular complexity index is 618. The Labute approximate surface area is 137 Å². The minimum absolute atomic E-state index is 0.0378. The lowest BCUT2D eigenvalue weighted by Crippen LogP contribution is -2.31. The first kappa shape index (κ1) is 15.3. The van der Waals surface area contributed by atoms with Gasteiger partial charge in [0.05, 0.1) is 6.04 Å². The number of anilines is 1. The van der Waals surface area contributed by atoms with Crippen molar-refractivity contribution in [2.24, 2.45) is 0 Å². The van der Waals surface area contributed by atoms with E-state index in [-0.39, 0.29) is 6.04 Å². The van der Waals surface area contributed by atoms with Crippen LogP contribution in [-0.2, 0) is 0 Å². The molecule has 0 aliphatic heterocycles. The van der Waals surface area contributed by atoms with Crippen molar-refractivity contribution in [1.82, 2.24) is 5.32 Å². The second kappa shape index (κ2) is 7.07. The van der Waals surface area contributed by atoms with Gasteiger partial charge in [0.1, 0.15) is 0 Å². The lowest BCUT2D eigenvalue weighted by atomic mass is 10.1. The van der Waals surface area contributed by atoms with E-state index in [1.807, 2.05) is 55.5 Å². The zero-order valence-electron chi connectivity index (χ0n) is 10.9. The minimum Gasteiger partial charge on any atom is -0.356 e. The first-order valence-corrected chi connectivity index (χ1v) is 7.71. The van der Waals surface area contributed by atoms with Crippen LogP contribution in [0, 0.1) is 0 Å². The molecule has 2 aromatic carbocycles. The molecule has 5 heteroatoms. The molecule has 2 nitrogen and oxygen atoms in total. The van der Waals surface area contributed by atoms with E-state index in [1.165, 1.54) is 0 Å². The first-order chi connectivity index (χ1) is 9.56. The van der Waals surface area contributed by atoms with E-state index in [1.54, 1.807) is 0 Å². The normalized spacial score (nSPS) is 11.8. The van der Waals surface area contributed by atoms with Gasteiger partial charge in [-0.15, -0.1) is 0 Å². The van der Waals surface area contributed by atoms with Crippen LogP contribution in [-0.4, -0.2) is 5.11 Å². The van der Waals surface area contributed by atoms with Crippen LogP contribution >= 0.6 is 39.7 Å². The summed E-state index contributed by atoms with van der Waals surface area (Å²) in [6.07, 6.45) is 0. The molecule has 0 aliphatic carbocycles. The molecule has 0 aliphatic rings. The molecule has 20 heavy (non-hydrogen) atoms. The molecule has 2 rings (SSSR count). The third kappa shape index (κ3) is 4.20. The van der Waals surface area contributed by atoms with Gasteiger partial charge < -0.3 is 10.6 Å². The zero-order chi connectivity index (χ0) is 14.5. The van der Waals surface area contributed by atoms with Crippen LogP contribution in [0.15, 0.2) is 53.0 Å². The van der Waals surface area contributed by atoms with E-state index in [9.17, 15) is 0 Å². The third-order valence-corrected chi connectivity index (χ3v) is 3.86. The van der Waals surface area contributed by atoms with E-state index in [2.05, 4.69) is 26.6 Å². The quantitative estimate of drug-likeness (QED) is 0.732. The summed E-state index contributed by atoms with van der Waals surface area (Å²) in [5, 5.41) is 7.67. The van der Waals surface area contributed by atoms with E-state index in [0.29, 0.717) is 5.11 Å². The predicted octanol–water partition coefficient (Wildman–Crippen LogP) is 5.15. The molecule has 0 spiro atoms. The summed E-state index contributed by atoms with van der Waals surface area (Å²) in [7, 11) is 0. The summed E-state index contributed by atoms with van der Waals surface area (Å²) in [5.41, 5.74) is 1.95. The smallest absolute Gasteiger partial charge is 0.171 e. The summed E-state index contributed by atoms with van der Waals surface area (Å²) in [4.78, 5) is 0. The molecule has 104 valence electrons. The van der Waals surface area contributed by atoms with Crippen molar-refractivity contribution in [2.45, 2.75) is 13.0 Å². The Kier molecular flexibility index (Phi) is 5.40. The number of nitrogens with one attached hydrogen (secondary N) is 2. The molecule has 2 N–H and O–H groups in total. The van der Waals surface area contributed by atoms with Crippen molar-refractivity contribution in [2.75, 3.05) is 5.32 Å². The van der Waals surface area contributed by atoms with Crippen LogP contribution < -0.4 is 10.6 Å². The molecular weight excluding hydrogens is 356 g/mol. The van der Waals surface area contributed by atoms with Crippen LogP contribution in [0.3, 0.4) is 0 Å². The fraction of sp³-hybridized carbons (Fsp3) is 0.133. The summed E-state index contributed by atoms with van der Waals surface area (Å²) in [6, 6.07) is 15.6. The van der Waals surface area contributed by atoms with Gasteiger partial charge in [0.25, 0.3) is 0 Å². The van der Waals surface area contributed by atoms with Crippen molar-refractivity contribution >= 4 is 50.5 Å². The molecule has 0 bridgehead atoms. The molecular formula is C15H14BrClN2S. The highest BCUT2D eigenvalue weighted by Crippen LogP contribution is 2.22. The average molecular weight is 370 g/mol. The summed E-state index contributed by atoms with van der Waals surface area (Å²) >= 11 is 14.9.